The van der Waals surface area contributed by atoms with E-state index in [-0.39, 0.29) is 31.1 Å². The number of ether oxygens (including phenoxy) is 3. The Balaban J connectivity index is 4.39. The van der Waals surface area contributed by atoms with Gasteiger partial charge in [-0.25, -0.2) is 0 Å². The number of esters is 3. The maximum atomic E-state index is 12.8. The molecule has 0 amide bonds. The van der Waals surface area contributed by atoms with Gasteiger partial charge < -0.3 is 14.2 Å². The lowest BCUT2D eigenvalue weighted by molar-refractivity contribution is -0.167. The molecule has 0 aliphatic heterocycles. The largest absolute Gasteiger partial charge is 0.462 e. The van der Waals surface area contributed by atoms with E-state index in [4.69, 9.17) is 14.2 Å². The summed E-state index contributed by atoms with van der Waals surface area (Å²) in [6.45, 7) is 6.50. The third kappa shape index (κ3) is 46.4. The Labute approximate surface area is 371 Å². The van der Waals surface area contributed by atoms with Crippen molar-refractivity contribution in [2.45, 2.75) is 264 Å². The number of carbonyl (C=O) groups is 3. The summed E-state index contributed by atoms with van der Waals surface area (Å²) in [5.74, 6) is -0.891. The van der Waals surface area contributed by atoms with Crippen LogP contribution in [0.15, 0.2) is 48.6 Å². The lowest BCUT2D eigenvalue weighted by Gasteiger charge is -2.18. The van der Waals surface area contributed by atoms with Gasteiger partial charge in [0.2, 0.25) is 0 Å². The second-order valence-corrected chi connectivity index (χ2v) is 17.2. The molecule has 0 rings (SSSR count). The van der Waals surface area contributed by atoms with E-state index in [2.05, 4.69) is 51.2 Å². The summed E-state index contributed by atoms with van der Waals surface area (Å²) >= 11 is 0. The minimum atomic E-state index is -0.777. The summed E-state index contributed by atoms with van der Waals surface area (Å²) in [6.07, 6.45) is 58.0. The highest BCUT2D eigenvalue weighted by molar-refractivity contribution is 5.71. The molecule has 6 nitrogen and oxygen atoms in total. The summed E-state index contributed by atoms with van der Waals surface area (Å²) in [7, 11) is 0. The lowest BCUT2D eigenvalue weighted by atomic mass is 10.0. The number of hydrogen-bond donors (Lipinski definition) is 0. The Kier molecular flexibility index (Phi) is 46.9. The maximum absolute atomic E-state index is 12.8. The SMILES string of the molecule is CC\C=C/C=C\C=C/C=C\CCCCCCCC(=O)OCC(COC(=O)CCCCCCCCCCCCCCC)OC(=O)CCCCCCCCCCCCCCCC. The van der Waals surface area contributed by atoms with Crippen LogP contribution in [0.25, 0.3) is 0 Å². The third-order valence-electron chi connectivity index (χ3n) is 11.2. The zero-order valence-corrected chi connectivity index (χ0v) is 39.7. The summed E-state index contributed by atoms with van der Waals surface area (Å²) < 4.78 is 16.8. The standard InChI is InChI=1S/C54H96O6/c1-4-7-10-13-16-19-22-25-27-30-32-35-38-41-44-47-53(56)59-50-51(49-58-52(55)46-43-40-37-34-31-28-24-21-18-15-12-9-6-3)60-54(57)48-45-42-39-36-33-29-26-23-20-17-14-11-8-5-2/h7,10,13,16,19,22,25,27,51H,4-6,8-9,11-12,14-15,17-18,20-21,23-24,26,28-50H2,1-3H3/b10-7-,16-13-,22-19-,27-25-. The van der Waals surface area contributed by atoms with Gasteiger partial charge in [-0.05, 0) is 38.5 Å². The fourth-order valence-corrected chi connectivity index (χ4v) is 7.34. The fraction of sp³-hybridized carbons (Fsp3) is 0.796. The van der Waals surface area contributed by atoms with Gasteiger partial charge in [0, 0.05) is 19.3 Å². The summed E-state index contributed by atoms with van der Waals surface area (Å²) in [5, 5.41) is 0. The first kappa shape index (κ1) is 57.4. The van der Waals surface area contributed by atoms with Gasteiger partial charge in [0.1, 0.15) is 13.2 Å². The predicted molar refractivity (Wildman–Crippen MR) is 256 cm³/mol. The van der Waals surface area contributed by atoms with E-state index in [0.717, 1.165) is 83.5 Å². The van der Waals surface area contributed by atoms with Crippen molar-refractivity contribution in [1.82, 2.24) is 0 Å². The maximum Gasteiger partial charge on any atom is 0.306 e. The number of hydrogen-bond acceptors (Lipinski definition) is 6. The molecule has 0 bridgehead atoms. The van der Waals surface area contributed by atoms with Gasteiger partial charge in [-0.1, -0.05) is 249 Å². The van der Waals surface area contributed by atoms with Crippen LogP contribution in [0.4, 0.5) is 0 Å². The first-order valence-corrected chi connectivity index (χ1v) is 25.7. The number of allylic oxidation sites excluding steroid dienone is 8. The number of unbranched alkanes of at least 4 members (excludes halogenated alkanes) is 30. The van der Waals surface area contributed by atoms with E-state index >= 15 is 0 Å². The normalized spacial score (nSPS) is 12.4. The Morgan fingerprint density at radius 1 is 0.350 bits per heavy atom. The molecular weight excluding hydrogens is 745 g/mol. The molecule has 1 unspecified atom stereocenters. The zero-order chi connectivity index (χ0) is 43.7. The molecule has 0 aliphatic carbocycles. The molecule has 0 radical (unpaired) electrons. The van der Waals surface area contributed by atoms with Crippen LogP contribution in [0.3, 0.4) is 0 Å². The zero-order valence-electron chi connectivity index (χ0n) is 39.7. The average Bonchev–Trinajstić information content (AvgIpc) is 3.24. The number of rotatable bonds is 46. The third-order valence-corrected chi connectivity index (χ3v) is 11.2. The first-order chi connectivity index (χ1) is 29.5. The lowest BCUT2D eigenvalue weighted by Crippen LogP contribution is -2.30. The minimum Gasteiger partial charge on any atom is -0.462 e. The molecule has 0 aliphatic rings. The molecule has 0 aromatic rings. The molecule has 348 valence electrons. The van der Waals surface area contributed by atoms with E-state index in [9.17, 15) is 14.4 Å². The van der Waals surface area contributed by atoms with Crippen LogP contribution in [-0.4, -0.2) is 37.2 Å². The van der Waals surface area contributed by atoms with Crippen LogP contribution in [0.5, 0.6) is 0 Å². The van der Waals surface area contributed by atoms with Gasteiger partial charge in [-0.3, -0.25) is 14.4 Å². The van der Waals surface area contributed by atoms with E-state index in [0.29, 0.717) is 19.3 Å². The highest BCUT2D eigenvalue weighted by Gasteiger charge is 2.19. The van der Waals surface area contributed by atoms with E-state index in [1.165, 1.54) is 135 Å². The number of carbonyl (C=O) groups excluding carboxylic acids is 3. The molecule has 1 atom stereocenters. The Morgan fingerprint density at radius 2 is 0.650 bits per heavy atom. The summed E-state index contributed by atoms with van der Waals surface area (Å²) in [6, 6.07) is 0. The Bertz CT molecular complexity index is 1060. The topological polar surface area (TPSA) is 78.9 Å². The van der Waals surface area contributed by atoms with Crippen molar-refractivity contribution in [1.29, 1.82) is 0 Å². The fourth-order valence-electron chi connectivity index (χ4n) is 7.34. The Morgan fingerprint density at radius 3 is 1.02 bits per heavy atom. The molecule has 0 saturated heterocycles. The molecule has 0 fully saturated rings. The van der Waals surface area contributed by atoms with Crippen LogP contribution < -0.4 is 0 Å². The van der Waals surface area contributed by atoms with E-state index in [1.54, 1.807) is 0 Å². The van der Waals surface area contributed by atoms with Gasteiger partial charge in [0.25, 0.3) is 0 Å². The molecule has 6 heteroatoms. The van der Waals surface area contributed by atoms with Gasteiger partial charge >= 0.3 is 17.9 Å². The van der Waals surface area contributed by atoms with Crippen LogP contribution >= 0.6 is 0 Å². The van der Waals surface area contributed by atoms with Crippen molar-refractivity contribution in [3.8, 4) is 0 Å². The smallest absolute Gasteiger partial charge is 0.306 e. The predicted octanol–water partition coefficient (Wildman–Crippen LogP) is 16.7. The molecule has 0 N–H and O–H groups in total. The molecule has 0 aromatic heterocycles. The first-order valence-electron chi connectivity index (χ1n) is 25.7. The highest BCUT2D eigenvalue weighted by atomic mass is 16.6. The monoisotopic (exact) mass is 841 g/mol. The summed E-state index contributed by atoms with van der Waals surface area (Å²) in [5.41, 5.74) is 0. The van der Waals surface area contributed by atoms with Crippen molar-refractivity contribution in [3.05, 3.63) is 48.6 Å². The van der Waals surface area contributed by atoms with Crippen LogP contribution in [0.1, 0.15) is 258 Å². The van der Waals surface area contributed by atoms with Crippen molar-refractivity contribution < 1.29 is 28.6 Å². The van der Waals surface area contributed by atoms with Crippen molar-refractivity contribution in [3.63, 3.8) is 0 Å². The van der Waals surface area contributed by atoms with E-state index in [1.807, 2.05) is 18.2 Å². The van der Waals surface area contributed by atoms with Gasteiger partial charge in [-0.15, -0.1) is 0 Å². The van der Waals surface area contributed by atoms with E-state index < -0.39 is 6.10 Å². The van der Waals surface area contributed by atoms with Crippen LogP contribution in [0, 0.1) is 0 Å². The molecule has 0 aromatic carbocycles. The molecular formula is C54H96O6. The Hall–Kier alpha value is -2.63. The second kappa shape index (κ2) is 49.0. The van der Waals surface area contributed by atoms with Crippen LogP contribution in [0.2, 0.25) is 0 Å². The molecule has 60 heavy (non-hydrogen) atoms. The average molecular weight is 841 g/mol. The molecule has 0 heterocycles. The molecule has 0 spiro atoms. The van der Waals surface area contributed by atoms with Crippen molar-refractivity contribution in [2.75, 3.05) is 13.2 Å². The van der Waals surface area contributed by atoms with Gasteiger partial charge in [0.05, 0.1) is 0 Å². The van der Waals surface area contributed by atoms with Crippen molar-refractivity contribution in [2.24, 2.45) is 0 Å². The molecule has 0 saturated carbocycles. The highest BCUT2D eigenvalue weighted by Crippen LogP contribution is 2.16. The van der Waals surface area contributed by atoms with Crippen LogP contribution in [-0.2, 0) is 28.6 Å². The quantitative estimate of drug-likeness (QED) is 0.0263. The minimum absolute atomic E-state index is 0.0771. The van der Waals surface area contributed by atoms with Gasteiger partial charge in [-0.2, -0.15) is 0 Å². The summed E-state index contributed by atoms with van der Waals surface area (Å²) in [4.78, 5) is 37.9. The van der Waals surface area contributed by atoms with Crippen molar-refractivity contribution >= 4 is 17.9 Å². The van der Waals surface area contributed by atoms with Gasteiger partial charge in [0.15, 0.2) is 6.10 Å². The second-order valence-electron chi connectivity index (χ2n) is 17.2.